The number of ketones is 2. The van der Waals surface area contributed by atoms with Gasteiger partial charge in [0.15, 0.2) is 5.78 Å². The molecule has 24 heavy (non-hydrogen) atoms. The molecule has 1 heterocycles. The first kappa shape index (κ1) is 16.5. The second-order valence-electron chi connectivity index (χ2n) is 6.13. The Morgan fingerprint density at radius 3 is 2.38 bits per heavy atom. The highest BCUT2D eigenvalue weighted by Gasteiger charge is 2.48. The summed E-state index contributed by atoms with van der Waals surface area (Å²) in [5, 5.41) is 0. The molecule has 1 aliphatic carbocycles. The summed E-state index contributed by atoms with van der Waals surface area (Å²) in [6.07, 6.45) is -4.83. The SMILES string of the molecule is Cc1ccc(-n2c(C)cc3c2CC[C@@H](C(=O)C(F)(F)F)C3=O)cc1. The van der Waals surface area contributed by atoms with E-state index in [9.17, 15) is 22.8 Å². The van der Waals surface area contributed by atoms with Crippen molar-refractivity contribution in [3.05, 3.63) is 52.8 Å². The minimum absolute atomic E-state index is 0.112. The van der Waals surface area contributed by atoms with E-state index in [2.05, 4.69) is 0 Å². The first-order valence-electron chi connectivity index (χ1n) is 7.63. The molecule has 6 heteroatoms. The summed E-state index contributed by atoms with van der Waals surface area (Å²) in [5.74, 6) is -4.29. The van der Waals surface area contributed by atoms with E-state index in [-0.39, 0.29) is 18.4 Å². The lowest BCUT2D eigenvalue weighted by molar-refractivity contribution is -0.174. The second-order valence-corrected chi connectivity index (χ2v) is 6.13. The highest BCUT2D eigenvalue weighted by Crippen LogP contribution is 2.34. The molecule has 1 aliphatic rings. The Labute approximate surface area is 137 Å². The number of carbonyl (C=O) groups is 2. The maximum atomic E-state index is 12.7. The van der Waals surface area contributed by atoms with E-state index in [1.165, 1.54) is 0 Å². The van der Waals surface area contributed by atoms with Crippen LogP contribution in [0.3, 0.4) is 0 Å². The number of hydrogen-bond donors (Lipinski definition) is 0. The van der Waals surface area contributed by atoms with Gasteiger partial charge in [-0.1, -0.05) is 17.7 Å². The number of alkyl halides is 3. The van der Waals surface area contributed by atoms with Crippen LogP contribution in [0.4, 0.5) is 13.2 Å². The molecule has 3 rings (SSSR count). The van der Waals surface area contributed by atoms with Crippen molar-refractivity contribution in [2.75, 3.05) is 0 Å². The third kappa shape index (κ3) is 2.66. The summed E-state index contributed by atoms with van der Waals surface area (Å²) in [6.45, 7) is 3.75. The molecule has 3 nitrogen and oxygen atoms in total. The van der Waals surface area contributed by atoms with Crippen molar-refractivity contribution in [2.24, 2.45) is 5.92 Å². The third-order valence-electron chi connectivity index (χ3n) is 4.43. The van der Waals surface area contributed by atoms with E-state index in [0.717, 1.165) is 16.9 Å². The molecule has 0 spiro atoms. The van der Waals surface area contributed by atoms with E-state index >= 15 is 0 Å². The number of aromatic nitrogens is 1. The van der Waals surface area contributed by atoms with Crippen LogP contribution in [-0.2, 0) is 11.2 Å². The summed E-state index contributed by atoms with van der Waals surface area (Å²) in [6, 6.07) is 9.25. The number of hydrogen-bond acceptors (Lipinski definition) is 2. The summed E-state index contributed by atoms with van der Waals surface area (Å²) < 4.78 is 39.9. The Morgan fingerprint density at radius 1 is 1.17 bits per heavy atom. The zero-order valence-electron chi connectivity index (χ0n) is 13.3. The fourth-order valence-electron chi connectivity index (χ4n) is 3.25. The number of benzene rings is 1. The third-order valence-corrected chi connectivity index (χ3v) is 4.43. The summed E-state index contributed by atoms with van der Waals surface area (Å²) in [7, 11) is 0. The quantitative estimate of drug-likeness (QED) is 0.779. The summed E-state index contributed by atoms with van der Waals surface area (Å²) in [4.78, 5) is 23.9. The Kier molecular flexibility index (Phi) is 3.86. The van der Waals surface area contributed by atoms with Crippen molar-refractivity contribution in [1.82, 2.24) is 4.57 Å². The molecule has 0 amide bonds. The van der Waals surface area contributed by atoms with Gasteiger partial charge >= 0.3 is 6.18 Å². The molecule has 1 aromatic heterocycles. The lowest BCUT2D eigenvalue weighted by Gasteiger charge is -2.22. The van der Waals surface area contributed by atoms with Crippen molar-refractivity contribution < 1.29 is 22.8 Å². The van der Waals surface area contributed by atoms with Crippen LogP contribution in [0.2, 0.25) is 0 Å². The molecule has 0 aliphatic heterocycles. The minimum atomic E-state index is -4.98. The van der Waals surface area contributed by atoms with Crippen LogP contribution in [0.25, 0.3) is 5.69 Å². The predicted molar refractivity (Wildman–Crippen MR) is 82.4 cm³/mol. The lowest BCUT2D eigenvalue weighted by Crippen LogP contribution is -2.38. The van der Waals surface area contributed by atoms with Gasteiger partial charge in [0.1, 0.15) is 0 Å². The molecule has 2 aromatic rings. The monoisotopic (exact) mass is 335 g/mol. The van der Waals surface area contributed by atoms with E-state index in [4.69, 9.17) is 0 Å². The molecule has 0 bridgehead atoms. The predicted octanol–water partition coefficient (Wildman–Crippen LogP) is 3.97. The molecule has 1 aromatic carbocycles. The molecule has 0 saturated heterocycles. The van der Waals surface area contributed by atoms with Gasteiger partial charge in [0, 0.05) is 22.6 Å². The van der Waals surface area contributed by atoms with Crippen molar-refractivity contribution in [3.63, 3.8) is 0 Å². The maximum absolute atomic E-state index is 12.7. The molecule has 126 valence electrons. The van der Waals surface area contributed by atoms with Crippen LogP contribution in [0, 0.1) is 19.8 Å². The van der Waals surface area contributed by atoms with Gasteiger partial charge in [-0.15, -0.1) is 0 Å². The number of fused-ring (bicyclic) bond motifs is 1. The number of nitrogens with zero attached hydrogens (tertiary/aromatic N) is 1. The van der Waals surface area contributed by atoms with Gasteiger partial charge in [-0.3, -0.25) is 9.59 Å². The zero-order chi connectivity index (χ0) is 17.6. The van der Waals surface area contributed by atoms with E-state index in [0.29, 0.717) is 5.69 Å². The summed E-state index contributed by atoms with van der Waals surface area (Å²) in [5.41, 5.74) is 3.60. The van der Waals surface area contributed by atoms with Gasteiger partial charge in [0.05, 0.1) is 5.92 Å². The van der Waals surface area contributed by atoms with E-state index < -0.39 is 23.7 Å². The largest absolute Gasteiger partial charge is 0.450 e. The van der Waals surface area contributed by atoms with Gasteiger partial charge in [-0.2, -0.15) is 13.2 Å². The first-order chi connectivity index (χ1) is 11.2. The molecular weight excluding hydrogens is 319 g/mol. The average Bonchev–Trinajstić information content (AvgIpc) is 2.84. The van der Waals surface area contributed by atoms with E-state index in [1.807, 2.05) is 35.8 Å². The second kappa shape index (κ2) is 5.61. The smallest absolute Gasteiger partial charge is 0.317 e. The van der Waals surface area contributed by atoms with Gasteiger partial charge in [0.25, 0.3) is 0 Å². The molecule has 0 fully saturated rings. The Balaban J connectivity index is 2.03. The van der Waals surface area contributed by atoms with Crippen molar-refractivity contribution in [3.8, 4) is 5.69 Å². The van der Waals surface area contributed by atoms with Crippen LogP contribution >= 0.6 is 0 Å². The number of Topliss-reactive ketones (excluding diaryl/α,β-unsaturated/α-hetero) is 2. The molecule has 0 saturated carbocycles. The zero-order valence-corrected chi connectivity index (χ0v) is 13.3. The van der Waals surface area contributed by atoms with Crippen LogP contribution in [0.15, 0.2) is 30.3 Å². The van der Waals surface area contributed by atoms with Crippen molar-refractivity contribution in [2.45, 2.75) is 32.9 Å². The topological polar surface area (TPSA) is 39.1 Å². The molecule has 0 radical (unpaired) electrons. The molecule has 1 atom stereocenters. The fraction of sp³-hybridized carbons (Fsp3) is 0.333. The standard InChI is InChI=1S/C18H16F3NO2/c1-10-3-5-12(6-4-10)22-11(2)9-14-15(22)8-7-13(16(14)23)17(24)18(19,20)21/h3-6,9,13H,7-8H2,1-2H3/t13-/m1/s1. The molecular formula is C18H16F3NO2. The normalized spacial score (nSPS) is 17.7. The number of aryl methyl sites for hydroxylation is 2. The van der Waals surface area contributed by atoms with Gasteiger partial charge in [-0.05, 0) is 44.9 Å². The summed E-state index contributed by atoms with van der Waals surface area (Å²) >= 11 is 0. The van der Waals surface area contributed by atoms with Crippen LogP contribution < -0.4 is 0 Å². The maximum Gasteiger partial charge on any atom is 0.450 e. The average molecular weight is 335 g/mol. The molecule has 0 unspecified atom stereocenters. The number of halogens is 3. The highest BCUT2D eigenvalue weighted by atomic mass is 19.4. The van der Waals surface area contributed by atoms with Gasteiger partial charge < -0.3 is 4.57 Å². The van der Waals surface area contributed by atoms with Gasteiger partial charge in [-0.25, -0.2) is 0 Å². The van der Waals surface area contributed by atoms with Crippen molar-refractivity contribution >= 4 is 11.6 Å². The number of rotatable bonds is 2. The van der Waals surface area contributed by atoms with Crippen LogP contribution in [0.5, 0.6) is 0 Å². The number of carbonyl (C=O) groups excluding carboxylic acids is 2. The van der Waals surface area contributed by atoms with Crippen LogP contribution in [0.1, 0.15) is 33.7 Å². The van der Waals surface area contributed by atoms with E-state index in [1.54, 1.807) is 13.0 Å². The molecule has 0 N–H and O–H groups in total. The van der Waals surface area contributed by atoms with Crippen molar-refractivity contribution in [1.29, 1.82) is 0 Å². The first-order valence-corrected chi connectivity index (χ1v) is 7.63. The highest BCUT2D eigenvalue weighted by molar-refractivity contribution is 6.13. The van der Waals surface area contributed by atoms with Crippen LogP contribution in [-0.4, -0.2) is 22.3 Å². The Hall–Kier alpha value is -2.37. The lowest BCUT2D eigenvalue weighted by atomic mass is 9.83. The Morgan fingerprint density at radius 2 is 1.79 bits per heavy atom. The Bertz CT molecular complexity index is 816. The fourth-order valence-corrected chi connectivity index (χ4v) is 3.25. The van der Waals surface area contributed by atoms with Gasteiger partial charge in [0.2, 0.25) is 5.78 Å². The minimum Gasteiger partial charge on any atom is -0.317 e.